The van der Waals surface area contributed by atoms with E-state index in [1.807, 2.05) is 0 Å². The molecule has 2 rings (SSSR count). The molecule has 4 heteroatoms. The fraction of sp³-hybridized carbons (Fsp3) is 0.786. The standard InChI is InChI=1S/C14H25N3S/c1-4-13-6-5-7-17(13)14-16-12(10-18-14)9-15-8-11(2)3/h10-11,13,15H,4-9H2,1-3H3. The van der Waals surface area contributed by atoms with Crippen molar-refractivity contribution in [2.24, 2.45) is 5.92 Å². The molecule has 0 amide bonds. The third-order valence-corrected chi connectivity index (χ3v) is 4.42. The zero-order valence-electron chi connectivity index (χ0n) is 11.8. The van der Waals surface area contributed by atoms with E-state index in [-0.39, 0.29) is 0 Å². The molecular weight excluding hydrogens is 242 g/mol. The summed E-state index contributed by atoms with van der Waals surface area (Å²) in [6.45, 7) is 9.89. The van der Waals surface area contributed by atoms with Crippen LogP contribution in [0.2, 0.25) is 0 Å². The molecule has 1 atom stereocenters. The third-order valence-electron chi connectivity index (χ3n) is 3.49. The van der Waals surface area contributed by atoms with Gasteiger partial charge in [0.05, 0.1) is 5.69 Å². The van der Waals surface area contributed by atoms with E-state index in [0.717, 1.165) is 13.1 Å². The molecule has 1 unspecified atom stereocenters. The van der Waals surface area contributed by atoms with E-state index in [1.54, 1.807) is 11.3 Å². The van der Waals surface area contributed by atoms with Crippen LogP contribution in [0.3, 0.4) is 0 Å². The number of aromatic nitrogens is 1. The molecule has 2 heterocycles. The molecule has 1 fully saturated rings. The second-order valence-electron chi connectivity index (χ2n) is 5.54. The van der Waals surface area contributed by atoms with Gasteiger partial charge in [-0.1, -0.05) is 20.8 Å². The molecule has 1 aliphatic heterocycles. The van der Waals surface area contributed by atoms with Crippen LogP contribution in [-0.2, 0) is 6.54 Å². The fourth-order valence-electron chi connectivity index (χ4n) is 2.51. The molecule has 1 aromatic rings. The zero-order valence-corrected chi connectivity index (χ0v) is 12.6. The minimum atomic E-state index is 0.700. The van der Waals surface area contributed by atoms with E-state index in [0.29, 0.717) is 12.0 Å². The summed E-state index contributed by atoms with van der Waals surface area (Å²) >= 11 is 1.80. The molecule has 1 aromatic heterocycles. The van der Waals surface area contributed by atoms with Crippen molar-refractivity contribution in [3.05, 3.63) is 11.1 Å². The van der Waals surface area contributed by atoms with Crippen LogP contribution in [0.4, 0.5) is 5.13 Å². The van der Waals surface area contributed by atoms with Crippen molar-refractivity contribution in [3.63, 3.8) is 0 Å². The van der Waals surface area contributed by atoms with Gasteiger partial charge in [0.25, 0.3) is 0 Å². The Balaban J connectivity index is 1.89. The van der Waals surface area contributed by atoms with Crippen molar-refractivity contribution in [2.45, 2.75) is 52.6 Å². The maximum atomic E-state index is 4.77. The summed E-state index contributed by atoms with van der Waals surface area (Å²) in [5.41, 5.74) is 1.19. The van der Waals surface area contributed by atoms with Crippen LogP contribution < -0.4 is 10.2 Å². The monoisotopic (exact) mass is 267 g/mol. The first-order chi connectivity index (χ1) is 8.70. The molecular formula is C14H25N3S. The molecule has 102 valence electrons. The van der Waals surface area contributed by atoms with E-state index >= 15 is 0 Å². The molecule has 0 aromatic carbocycles. The van der Waals surface area contributed by atoms with Crippen LogP contribution in [0.1, 0.15) is 45.7 Å². The summed E-state index contributed by atoms with van der Waals surface area (Å²) in [5, 5.41) is 6.88. The molecule has 3 nitrogen and oxygen atoms in total. The summed E-state index contributed by atoms with van der Waals surface area (Å²) in [4.78, 5) is 7.27. The predicted molar refractivity (Wildman–Crippen MR) is 79.3 cm³/mol. The Bertz CT molecular complexity index is 362. The lowest BCUT2D eigenvalue weighted by Crippen LogP contribution is -2.28. The van der Waals surface area contributed by atoms with Gasteiger partial charge in [0, 0.05) is 24.5 Å². The number of nitrogens with one attached hydrogen (secondary N) is 1. The quantitative estimate of drug-likeness (QED) is 0.857. The van der Waals surface area contributed by atoms with Crippen molar-refractivity contribution in [2.75, 3.05) is 18.0 Å². The number of nitrogens with zero attached hydrogens (tertiary/aromatic N) is 2. The SMILES string of the molecule is CCC1CCCN1c1nc(CNCC(C)C)cs1. The van der Waals surface area contributed by atoms with Gasteiger partial charge in [-0.15, -0.1) is 11.3 Å². The largest absolute Gasteiger partial charge is 0.345 e. The fourth-order valence-corrected chi connectivity index (χ4v) is 3.43. The average Bonchev–Trinajstić information content (AvgIpc) is 2.95. The van der Waals surface area contributed by atoms with Gasteiger partial charge in [-0.05, 0) is 31.7 Å². The highest BCUT2D eigenvalue weighted by Gasteiger charge is 2.25. The van der Waals surface area contributed by atoms with E-state index < -0.39 is 0 Å². The lowest BCUT2D eigenvalue weighted by atomic mass is 10.2. The van der Waals surface area contributed by atoms with Gasteiger partial charge in [0.15, 0.2) is 5.13 Å². The van der Waals surface area contributed by atoms with E-state index in [2.05, 4.69) is 36.4 Å². The lowest BCUT2D eigenvalue weighted by molar-refractivity contribution is 0.548. The third kappa shape index (κ3) is 3.45. The van der Waals surface area contributed by atoms with Gasteiger partial charge in [0.2, 0.25) is 0 Å². The minimum absolute atomic E-state index is 0.700. The van der Waals surface area contributed by atoms with Crippen LogP contribution in [0, 0.1) is 5.92 Å². The van der Waals surface area contributed by atoms with E-state index in [4.69, 9.17) is 4.98 Å². The molecule has 18 heavy (non-hydrogen) atoms. The van der Waals surface area contributed by atoms with E-state index in [1.165, 1.54) is 36.6 Å². The Hall–Kier alpha value is -0.610. The van der Waals surface area contributed by atoms with Crippen molar-refractivity contribution < 1.29 is 0 Å². The molecule has 1 saturated heterocycles. The highest BCUT2D eigenvalue weighted by Crippen LogP contribution is 2.29. The molecule has 0 saturated carbocycles. The Kier molecular flexibility index (Phi) is 5.01. The van der Waals surface area contributed by atoms with Gasteiger partial charge < -0.3 is 10.2 Å². The Labute approximate surface area is 115 Å². The number of hydrogen-bond acceptors (Lipinski definition) is 4. The normalized spacial score (nSPS) is 20.0. The van der Waals surface area contributed by atoms with Crippen molar-refractivity contribution in [3.8, 4) is 0 Å². The van der Waals surface area contributed by atoms with Gasteiger partial charge in [-0.3, -0.25) is 0 Å². The number of hydrogen-bond donors (Lipinski definition) is 1. The van der Waals surface area contributed by atoms with E-state index in [9.17, 15) is 0 Å². The highest BCUT2D eigenvalue weighted by atomic mass is 32.1. The topological polar surface area (TPSA) is 28.2 Å². The first kappa shape index (κ1) is 13.8. The van der Waals surface area contributed by atoms with Gasteiger partial charge in [0.1, 0.15) is 0 Å². The molecule has 1 aliphatic rings. The number of rotatable bonds is 6. The van der Waals surface area contributed by atoms with Gasteiger partial charge in [-0.25, -0.2) is 4.98 Å². The summed E-state index contributed by atoms with van der Waals surface area (Å²) < 4.78 is 0. The number of thiazole rings is 1. The zero-order chi connectivity index (χ0) is 13.0. The van der Waals surface area contributed by atoms with Crippen molar-refractivity contribution in [1.29, 1.82) is 0 Å². The lowest BCUT2D eigenvalue weighted by Gasteiger charge is -2.22. The molecule has 0 spiro atoms. The molecule has 0 radical (unpaired) electrons. The first-order valence-electron chi connectivity index (χ1n) is 7.12. The molecule has 1 N–H and O–H groups in total. The predicted octanol–water partition coefficient (Wildman–Crippen LogP) is 3.27. The second kappa shape index (κ2) is 6.53. The summed E-state index contributed by atoms with van der Waals surface area (Å²) in [6.07, 6.45) is 3.89. The van der Waals surface area contributed by atoms with Crippen LogP contribution >= 0.6 is 11.3 Å². The second-order valence-corrected chi connectivity index (χ2v) is 6.38. The maximum absolute atomic E-state index is 4.77. The first-order valence-corrected chi connectivity index (χ1v) is 8.00. The summed E-state index contributed by atoms with van der Waals surface area (Å²) in [5.74, 6) is 0.700. The highest BCUT2D eigenvalue weighted by molar-refractivity contribution is 7.13. The maximum Gasteiger partial charge on any atom is 0.185 e. The smallest absolute Gasteiger partial charge is 0.185 e. The Morgan fingerprint density at radius 3 is 3.11 bits per heavy atom. The number of anilines is 1. The van der Waals surface area contributed by atoms with Crippen molar-refractivity contribution in [1.82, 2.24) is 10.3 Å². The van der Waals surface area contributed by atoms with Crippen LogP contribution in [0.5, 0.6) is 0 Å². The van der Waals surface area contributed by atoms with Crippen LogP contribution in [0.25, 0.3) is 0 Å². The minimum Gasteiger partial charge on any atom is -0.345 e. The summed E-state index contributed by atoms with van der Waals surface area (Å²) in [6, 6.07) is 0.715. The molecule has 0 aliphatic carbocycles. The molecule has 0 bridgehead atoms. The average molecular weight is 267 g/mol. The van der Waals surface area contributed by atoms with Crippen LogP contribution in [0.15, 0.2) is 5.38 Å². The van der Waals surface area contributed by atoms with Crippen LogP contribution in [-0.4, -0.2) is 24.1 Å². The Morgan fingerprint density at radius 2 is 2.39 bits per heavy atom. The van der Waals surface area contributed by atoms with Gasteiger partial charge >= 0.3 is 0 Å². The van der Waals surface area contributed by atoms with Crippen molar-refractivity contribution >= 4 is 16.5 Å². The van der Waals surface area contributed by atoms with Gasteiger partial charge in [-0.2, -0.15) is 0 Å². The summed E-state index contributed by atoms with van der Waals surface area (Å²) in [7, 11) is 0. The Morgan fingerprint density at radius 1 is 1.56 bits per heavy atom.